The van der Waals surface area contributed by atoms with E-state index in [0.29, 0.717) is 24.4 Å². The molecular weight excluding hydrogens is 386 g/mol. The Morgan fingerprint density at radius 1 is 1.06 bits per heavy atom. The number of carbonyl (C=O) groups excluding carboxylic acids is 1. The lowest BCUT2D eigenvalue weighted by Gasteiger charge is -2.50. The van der Waals surface area contributed by atoms with Crippen molar-refractivity contribution in [3.8, 4) is 0 Å². The Kier molecular flexibility index (Phi) is 7.68. The normalized spacial score (nSPS) is 25.3. The van der Waals surface area contributed by atoms with Crippen molar-refractivity contribution in [3.05, 3.63) is 35.9 Å². The molecule has 0 radical (unpaired) electrons. The van der Waals surface area contributed by atoms with E-state index in [1.807, 2.05) is 6.07 Å². The van der Waals surface area contributed by atoms with Gasteiger partial charge in [-0.25, -0.2) is 0 Å². The lowest BCUT2D eigenvalue weighted by molar-refractivity contribution is -0.150. The smallest absolute Gasteiger partial charge is 0.222 e. The number of likely N-dealkylation sites (tertiary alicyclic amines) is 1. The molecule has 0 N–H and O–H groups in total. The second-order valence-corrected chi connectivity index (χ2v) is 10.1. The van der Waals surface area contributed by atoms with Crippen LogP contribution in [-0.2, 0) is 16.0 Å². The van der Waals surface area contributed by atoms with Gasteiger partial charge in [0.05, 0.1) is 5.60 Å². The molecule has 1 aromatic carbocycles. The average Bonchev–Trinajstić information content (AvgIpc) is 2.80. The lowest BCUT2D eigenvalue weighted by atomic mass is 9.81. The summed E-state index contributed by atoms with van der Waals surface area (Å²) in [6.45, 7) is 11.9. The van der Waals surface area contributed by atoms with Gasteiger partial charge in [-0.15, -0.1) is 0 Å². The minimum atomic E-state index is -0.00107. The Morgan fingerprint density at radius 2 is 1.77 bits per heavy atom. The van der Waals surface area contributed by atoms with E-state index in [2.05, 4.69) is 52.8 Å². The molecule has 0 aliphatic carbocycles. The number of carbonyl (C=O) groups is 1. The standard InChI is InChI=1S/C26H41N3O2/c1-22(2)27-16-18-28(19-17-27)24-11-20-31-26(21-24)12-14-29(15-13-26)25(30)10-6-9-23-7-4-3-5-8-23/h3-5,7-8,22,24H,6,9-21H2,1-2H3. The minimum absolute atomic E-state index is 0.00107. The number of rotatable bonds is 6. The van der Waals surface area contributed by atoms with E-state index in [1.165, 1.54) is 31.7 Å². The van der Waals surface area contributed by atoms with E-state index >= 15 is 0 Å². The van der Waals surface area contributed by atoms with E-state index in [-0.39, 0.29) is 5.60 Å². The molecule has 1 spiro atoms. The number of nitrogens with zero attached hydrogens (tertiary/aromatic N) is 3. The molecule has 3 fully saturated rings. The van der Waals surface area contributed by atoms with Crippen LogP contribution in [0.2, 0.25) is 0 Å². The van der Waals surface area contributed by atoms with Crippen LogP contribution in [0.1, 0.15) is 57.9 Å². The Hall–Kier alpha value is -1.43. The van der Waals surface area contributed by atoms with Crippen LogP contribution in [0.3, 0.4) is 0 Å². The molecule has 0 saturated carbocycles. The Morgan fingerprint density at radius 3 is 2.45 bits per heavy atom. The Balaban J connectivity index is 1.21. The monoisotopic (exact) mass is 427 g/mol. The summed E-state index contributed by atoms with van der Waals surface area (Å²) in [4.78, 5) is 20.1. The van der Waals surface area contributed by atoms with Crippen LogP contribution in [0, 0.1) is 0 Å². The van der Waals surface area contributed by atoms with Gasteiger partial charge in [0.2, 0.25) is 5.91 Å². The minimum Gasteiger partial charge on any atom is -0.375 e. The van der Waals surface area contributed by atoms with Crippen LogP contribution in [0.15, 0.2) is 30.3 Å². The third-order valence-electron chi connectivity index (χ3n) is 7.79. The number of amides is 1. The number of hydrogen-bond donors (Lipinski definition) is 0. The quantitative estimate of drug-likeness (QED) is 0.695. The van der Waals surface area contributed by atoms with Gasteiger partial charge < -0.3 is 9.64 Å². The van der Waals surface area contributed by atoms with Crippen LogP contribution in [-0.4, -0.2) is 84.2 Å². The first-order chi connectivity index (χ1) is 15.0. The van der Waals surface area contributed by atoms with Gasteiger partial charge >= 0.3 is 0 Å². The number of ether oxygens (including phenoxy) is 1. The van der Waals surface area contributed by atoms with E-state index in [9.17, 15) is 4.79 Å². The van der Waals surface area contributed by atoms with Gasteiger partial charge in [-0.3, -0.25) is 14.6 Å². The van der Waals surface area contributed by atoms with Crippen LogP contribution in [0.4, 0.5) is 0 Å². The molecule has 3 heterocycles. The number of benzene rings is 1. The highest BCUT2D eigenvalue weighted by Gasteiger charge is 2.42. The molecule has 1 amide bonds. The Labute approximate surface area is 188 Å². The van der Waals surface area contributed by atoms with Gasteiger partial charge in [-0.05, 0) is 57.9 Å². The molecule has 1 aromatic rings. The van der Waals surface area contributed by atoms with Crippen molar-refractivity contribution >= 4 is 5.91 Å². The molecule has 172 valence electrons. The molecule has 31 heavy (non-hydrogen) atoms. The van der Waals surface area contributed by atoms with Gasteiger partial charge in [0.25, 0.3) is 0 Å². The molecule has 1 unspecified atom stereocenters. The van der Waals surface area contributed by atoms with Crippen molar-refractivity contribution < 1.29 is 9.53 Å². The third kappa shape index (κ3) is 5.88. The first-order valence-electron chi connectivity index (χ1n) is 12.5. The summed E-state index contributed by atoms with van der Waals surface area (Å²) in [5.74, 6) is 0.322. The molecule has 3 aliphatic heterocycles. The SMILES string of the molecule is CC(C)N1CCN(C2CCOC3(CCN(C(=O)CCCc4ccccc4)CC3)C2)CC1. The topological polar surface area (TPSA) is 36.0 Å². The van der Waals surface area contributed by atoms with Gasteiger partial charge in [-0.2, -0.15) is 0 Å². The zero-order valence-corrected chi connectivity index (χ0v) is 19.6. The number of aryl methyl sites for hydroxylation is 1. The van der Waals surface area contributed by atoms with Crippen molar-refractivity contribution in [2.45, 2.75) is 76.5 Å². The average molecular weight is 428 g/mol. The van der Waals surface area contributed by atoms with Crippen molar-refractivity contribution in [3.63, 3.8) is 0 Å². The summed E-state index contributed by atoms with van der Waals surface area (Å²) >= 11 is 0. The van der Waals surface area contributed by atoms with Crippen molar-refractivity contribution in [1.82, 2.24) is 14.7 Å². The van der Waals surface area contributed by atoms with Gasteiger partial charge in [0.1, 0.15) is 0 Å². The zero-order chi connectivity index (χ0) is 21.7. The molecule has 1 atom stereocenters. The second kappa shape index (κ2) is 10.5. The van der Waals surface area contributed by atoms with Crippen LogP contribution >= 0.6 is 0 Å². The van der Waals surface area contributed by atoms with Gasteiger partial charge in [-0.1, -0.05) is 30.3 Å². The highest BCUT2D eigenvalue weighted by Crippen LogP contribution is 2.37. The molecule has 5 nitrogen and oxygen atoms in total. The van der Waals surface area contributed by atoms with Crippen molar-refractivity contribution in [2.75, 3.05) is 45.9 Å². The predicted molar refractivity (Wildman–Crippen MR) is 125 cm³/mol. The zero-order valence-electron chi connectivity index (χ0n) is 19.6. The van der Waals surface area contributed by atoms with Gasteiger partial charge in [0, 0.05) is 64.4 Å². The molecule has 5 heteroatoms. The van der Waals surface area contributed by atoms with Crippen LogP contribution < -0.4 is 0 Å². The maximum Gasteiger partial charge on any atom is 0.222 e. The molecular formula is C26H41N3O2. The molecule has 0 bridgehead atoms. The fraction of sp³-hybridized carbons (Fsp3) is 0.731. The molecule has 3 aliphatic rings. The summed E-state index contributed by atoms with van der Waals surface area (Å²) in [6.07, 6.45) is 6.88. The van der Waals surface area contributed by atoms with Crippen molar-refractivity contribution in [1.29, 1.82) is 0 Å². The molecule has 3 saturated heterocycles. The fourth-order valence-corrected chi connectivity index (χ4v) is 5.69. The fourth-order valence-electron chi connectivity index (χ4n) is 5.69. The number of piperazine rings is 1. The summed E-state index contributed by atoms with van der Waals surface area (Å²) in [6, 6.07) is 11.8. The van der Waals surface area contributed by atoms with E-state index in [0.717, 1.165) is 58.2 Å². The lowest BCUT2D eigenvalue weighted by Crippen LogP contribution is -2.58. The molecule has 4 rings (SSSR count). The van der Waals surface area contributed by atoms with Crippen molar-refractivity contribution in [2.24, 2.45) is 0 Å². The molecule has 0 aromatic heterocycles. The van der Waals surface area contributed by atoms with Crippen LogP contribution in [0.5, 0.6) is 0 Å². The summed E-state index contributed by atoms with van der Waals surface area (Å²) in [7, 11) is 0. The summed E-state index contributed by atoms with van der Waals surface area (Å²) in [5.41, 5.74) is 1.32. The van der Waals surface area contributed by atoms with Crippen LogP contribution in [0.25, 0.3) is 0 Å². The second-order valence-electron chi connectivity index (χ2n) is 10.1. The third-order valence-corrected chi connectivity index (χ3v) is 7.79. The highest BCUT2D eigenvalue weighted by molar-refractivity contribution is 5.76. The summed E-state index contributed by atoms with van der Waals surface area (Å²) in [5, 5.41) is 0. The Bertz CT molecular complexity index is 692. The number of piperidine rings is 1. The maximum absolute atomic E-state index is 12.7. The van der Waals surface area contributed by atoms with E-state index in [4.69, 9.17) is 4.74 Å². The largest absolute Gasteiger partial charge is 0.375 e. The van der Waals surface area contributed by atoms with E-state index in [1.54, 1.807) is 0 Å². The highest BCUT2D eigenvalue weighted by atomic mass is 16.5. The predicted octanol–water partition coefficient (Wildman–Crippen LogP) is 3.58. The first-order valence-corrected chi connectivity index (χ1v) is 12.5. The number of hydrogen-bond acceptors (Lipinski definition) is 4. The van der Waals surface area contributed by atoms with Gasteiger partial charge in [0.15, 0.2) is 0 Å². The first kappa shape index (κ1) is 22.8. The summed E-state index contributed by atoms with van der Waals surface area (Å²) < 4.78 is 6.38. The van der Waals surface area contributed by atoms with E-state index < -0.39 is 0 Å². The maximum atomic E-state index is 12.7.